The molecule has 0 bridgehead atoms. The fourth-order valence-electron chi connectivity index (χ4n) is 3.93. The van der Waals surface area contributed by atoms with E-state index in [9.17, 15) is 8.42 Å². The van der Waals surface area contributed by atoms with E-state index in [1.165, 1.54) is 0 Å². The van der Waals surface area contributed by atoms with Gasteiger partial charge >= 0.3 is 0 Å². The van der Waals surface area contributed by atoms with E-state index in [4.69, 9.17) is 13.9 Å². The van der Waals surface area contributed by atoms with E-state index in [-0.39, 0.29) is 11.4 Å². The van der Waals surface area contributed by atoms with Crippen LogP contribution in [0.1, 0.15) is 30.7 Å². The first-order valence-electron chi connectivity index (χ1n) is 9.80. The molecule has 1 aromatic heterocycles. The first-order valence-corrected chi connectivity index (χ1v) is 11.2. The molecule has 0 N–H and O–H groups in total. The Bertz CT molecular complexity index is 1200. The number of hydrogen-bond donors (Lipinski definition) is 0. The maximum absolute atomic E-state index is 13.2. The van der Waals surface area contributed by atoms with Gasteiger partial charge in [-0.1, -0.05) is 35.9 Å². The summed E-state index contributed by atoms with van der Waals surface area (Å²) in [6, 6.07) is 16.3. The molecule has 0 saturated carbocycles. The van der Waals surface area contributed by atoms with E-state index in [0.717, 1.165) is 16.5 Å². The molecule has 1 atom stereocenters. The van der Waals surface area contributed by atoms with Crippen molar-refractivity contribution in [2.75, 3.05) is 20.6 Å². The zero-order valence-corrected chi connectivity index (χ0v) is 18.7. The largest absolute Gasteiger partial charge is 0.331 e. The number of para-hydroxylation sites is 1. The van der Waals surface area contributed by atoms with Crippen molar-refractivity contribution in [2.24, 2.45) is 0 Å². The molecule has 2 heterocycles. The highest BCUT2D eigenvalue weighted by Gasteiger charge is 2.54. The third kappa shape index (κ3) is 3.63. The van der Waals surface area contributed by atoms with Crippen molar-refractivity contribution in [1.29, 1.82) is 0 Å². The predicted molar refractivity (Wildman–Crippen MR) is 116 cm³/mol. The molecule has 0 radical (unpaired) electrons. The summed E-state index contributed by atoms with van der Waals surface area (Å²) in [4.78, 5) is 6.75. The maximum Gasteiger partial charge on any atom is 0.300 e. The van der Waals surface area contributed by atoms with Crippen molar-refractivity contribution >= 4 is 21.0 Å². The Morgan fingerprint density at radius 3 is 2.40 bits per heavy atom. The van der Waals surface area contributed by atoms with Gasteiger partial charge < -0.3 is 9.64 Å². The minimum Gasteiger partial charge on any atom is -0.331 e. The highest BCUT2D eigenvalue weighted by Crippen LogP contribution is 2.49. The lowest BCUT2D eigenvalue weighted by Crippen LogP contribution is -2.43. The van der Waals surface area contributed by atoms with Gasteiger partial charge in [0.15, 0.2) is 0 Å². The molecule has 7 heteroatoms. The second-order valence-corrected chi connectivity index (χ2v) is 10.1. The van der Waals surface area contributed by atoms with Crippen LogP contribution >= 0.6 is 0 Å². The summed E-state index contributed by atoms with van der Waals surface area (Å²) in [5, 5.41) is 0.900. The average Bonchev–Trinajstić information content (AvgIpc) is 2.85. The highest BCUT2D eigenvalue weighted by atomic mass is 32.2. The summed E-state index contributed by atoms with van der Waals surface area (Å²) in [7, 11) is -0.383. The number of aryl methyl sites for hydroxylation is 1. The van der Waals surface area contributed by atoms with Gasteiger partial charge in [0.2, 0.25) is 5.79 Å². The number of likely N-dealkylation sites (N-methyl/N-ethyl adjacent to an activating group) is 1. The smallest absolute Gasteiger partial charge is 0.300 e. The summed E-state index contributed by atoms with van der Waals surface area (Å²) in [6.07, 6.45) is 0. The minimum atomic E-state index is -4.09. The fourth-order valence-corrected chi connectivity index (χ4v) is 5.03. The Labute approximate surface area is 177 Å². The van der Waals surface area contributed by atoms with E-state index < -0.39 is 21.5 Å². The molecule has 0 fully saturated rings. The Balaban J connectivity index is 1.89. The molecule has 6 nitrogen and oxygen atoms in total. The SMILES string of the molecule is Cc1ccc(S(=O)(=O)OC2(CN(C)C)OC(C)(C)c3nc4ccccc4cc32)cc1. The number of benzene rings is 2. The molecular weight excluding hydrogens is 400 g/mol. The summed E-state index contributed by atoms with van der Waals surface area (Å²) < 4.78 is 38.7. The van der Waals surface area contributed by atoms with Crippen LogP contribution in [-0.4, -0.2) is 38.9 Å². The monoisotopic (exact) mass is 426 g/mol. The number of rotatable bonds is 5. The van der Waals surface area contributed by atoms with Crippen molar-refractivity contribution in [2.45, 2.75) is 37.1 Å². The number of hydrogen-bond acceptors (Lipinski definition) is 6. The molecule has 0 amide bonds. The van der Waals surface area contributed by atoms with Crippen molar-refractivity contribution in [3.8, 4) is 0 Å². The van der Waals surface area contributed by atoms with Gasteiger partial charge in [-0.25, -0.2) is 9.17 Å². The molecule has 1 unspecified atom stereocenters. The third-order valence-electron chi connectivity index (χ3n) is 5.20. The summed E-state index contributed by atoms with van der Waals surface area (Å²) >= 11 is 0. The number of aromatic nitrogens is 1. The molecule has 1 aliphatic heterocycles. The Morgan fingerprint density at radius 2 is 1.73 bits per heavy atom. The van der Waals surface area contributed by atoms with E-state index in [2.05, 4.69) is 0 Å². The lowest BCUT2D eigenvalue weighted by molar-refractivity contribution is -0.236. The Kier molecular flexibility index (Phi) is 4.97. The van der Waals surface area contributed by atoms with Crippen LogP contribution in [0.25, 0.3) is 10.9 Å². The summed E-state index contributed by atoms with van der Waals surface area (Å²) in [6.45, 7) is 5.88. The van der Waals surface area contributed by atoms with Gasteiger partial charge in [-0.2, -0.15) is 8.42 Å². The summed E-state index contributed by atoms with van der Waals surface area (Å²) in [5.74, 6) is -1.51. The van der Waals surface area contributed by atoms with E-state index >= 15 is 0 Å². The van der Waals surface area contributed by atoms with Gasteiger partial charge in [0.25, 0.3) is 10.1 Å². The van der Waals surface area contributed by atoms with Gasteiger partial charge in [0.05, 0.1) is 22.7 Å². The van der Waals surface area contributed by atoms with Gasteiger partial charge in [-0.15, -0.1) is 0 Å². The molecule has 1 aliphatic rings. The summed E-state index contributed by atoms with van der Waals surface area (Å²) in [5.41, 5.74) is 2.29. The Hall–Kier alpha value is -2.32. The van der Waals surface area contributed by atoms with Crippen molar-refractivity contribution in [3.63, 3.8) is 0 Å². The first-order chi connectivity index (χ1) is 14.0. The van der Waals surface area contributed by atoms with Gasteiger partial charge in [0.1, 0.15) is 5.60 Å². The van der Waals surface area contributed by atoms with Crippen molar-refractivity contribution < 1.29 is 17.3 Å². The molecule has 158 valence electrons. The van der Waals surface area contributed by atoms with Crippen LogP contribution in [0, 0.1) is 6.92 Å². The van der Waals surface area contributed by atoms with Crippen LogP contribution < -0.4 is 0 Å². The van der Waals surface area contributed by atoms with Crippen LogP contribution in [0.4, 0.5) is 0 Å². The molecule has 30 heavy (non-hydrogen) atoms. The predicted octanol–water partition coefficient (Wildman–Crippen LogP) is 3.93. The van der Waals surface area contributed by atoms with Gasteiger partial charge in [-0.05, 0) is 59.1 Å². The third-order valence-corrected chi connectivity index (χ3v) is 6.54. The van der Waals surface area contributed by atoms with Gasteiger partial charge in [0, 0.05) is 10.9 Å². The van der Waals surface area contributed by atoms with Crippen molar-refractivity contribution in [1.82, 2.24) is 9.88 Å². The van der Waals surface area contributed by atoms with Crippen LogP contribution in [0.2, 0.25) is 0 Å². The van der Waals surface area contributed by atoms with E-state index in [1.807, 2.05) is 70.1 Å². The zero-order valence-electron chi connectivity index (χ0n) is 17.8. The molecule has 3 aromatic rings. The molecule has 0 aliphatic carbocycles. The molecule has 0 spiro atoms. The minimum absolute atomic E-state index is 0.0924. The molecule has 4 rings (SSSR count). The highest BCUT2D eigenvalue weighted by molar-refractivity contribution is 7.86. The fraction of sp³-hybridized carbons (Fsp3) is 0.348. The zero-order chi connectivity index (χ0) is 21.7. The number of ether oxygens (including phenoxy) is 1. The maximum atomic E-state index is 13.2. The van der Waals surface area contributed by atoms with Crippen LogP contribution in [0.15, 0.2) is 59.5 Å². The van der Waals surface area contributed by atoms with Crippen LogP contribution in [0.5, 0.6) is 0 Å². The number of pyridine rings is 1. The normalized spacial score (nSPS) is 20.6. The molecular formula is C23H26N2O4S. The second kappa shape index (κ2) is 7.13. The first kappa shape index (κ1) is 20.9. The van der Waals surface area contributed by atoms with Crippen molar-refractivity contribution in [3.05, 3.63) is 71.4 Å². The molecule has 2 aromatic carbocycles. The Morgan fingerprint density at radius 1 is 1.07 bits per heavy atom. The molecule has 0 saturated heterocycles. The van der Waals surface area contributed by atoms with E-state index in [1.54, 1.807) is 24.3 Å². The number of nitrogens with zero attached hydrogens (tertiary/aromatic N) is 2. The lowest BCUT2D eigenvalue weighted by atomic mass is 9.97. The standard InChI is InChI=1S/C23H26N2O4S/c1-16-10-12-18(13-11-16)30(26,27)29-23(15-25(4)5)19-14-17-8-6-7-9-20(17)24-21(19)22(2,3)28-23/h6-14H,15H2,1-5H3. The topological polar surface area (TPSA) is 68.7 Å². The number of fused-ring (bicyclic) bond motifs is 2. The van der Waals surface area contributed by atoms with E-state index in [0.29, 0.717) is 11.3 Å². The quantitative estimate of drug-likeness (QED) is 0.576. The average molecular weight is 427 g/mol. The van der Waals surface area contributed by atoms with Gasteiger partial charge in [-0.3, -0.25) is 0 Å². The van der Waals surface area contributed by atoms with Crippen LogP contribution in [0.3, 0.4) is 0 Å². The van der Waals surface area contributed by atoms with Crippen LogP contribution in [-0.2, 0) is 30.4 Å². The lowest BCUT2D eigenvalue weighted by Gasteiger charge is -2.33. The second-order valence-electron chi connectivity index (χ2n) is 8.53.